The van der Waals surface area contributed by atoms with Crippen molar-refractivity contribution < 1.29 is 9.53 Å². The van der Waals surface area contributed by atoms with E-state index in [-0.39, 0.29) is 11.9 Å². The first-order valence-corrected chi connectivity index (χ1v) is 6.87. The Morgan fingerprint density at radius 3 is 2.84 bits per heavy atom. The Morgan fingerprint density at radius 2 is 2.11 bits per heavy atom. The first-order chi connectivity index (χ1) is 9.28. The molecule has 1 saturated carbocycles. The lowest BCUT2D eigenvalue weighted by Crippen LogP contribution is -2.18. The molecule has 1 aliphatic carbocycles. The molecule has 3 nitrogen and oxygen atoms in total. The van der Waals surface area contributed by atoms with E-state index in [1.165, 1.54) is 0 Å². The van der Waals surface area contributed by atoms with E-state index in [0.29, 0.717) is 18.9 Å². The molecule has 0 radical (unpaired) electrons. The van der Waals surface area contributed by atoms with Crippen LogP contribution in [0.4, 0.5) is 0 Å². The molecule has 100 valence electrons. The largest absolute Gasteiger partial charge is 0.461 e. The Morgan fingerprint density at radius 1 is 1.32 bits per heavy atom. The third kappa shape index (κ3) is 4.40. The summed E-state index contributed by atoms with van der Waals surface area (Å²) in [6.07, 6.45) is 4.36. The molecule has 2 rings (SSSR count). The van der Waals surface area contributed by atoms with Gasteiger partial charge in [0.05, 0.1) is 6.07 Å². The van der Waals surface area contributed by atoms with Gasteiger partial charge in [-0.05, 0) is 30.7 Å². The summed E-state index contributed by atoms with van der Waals surface area (Å²) >= 11 is 0. The van der Waals surface area contributed by atoms with Crippen molar-refractivity contribution in [1.29, 1.82) is 5.26 Å². The molecule has 0 bridgehead atoms. The fourth-order valence-electron chi connectivity index (χ4n) is 2.63. The number of carbonyl (C=O) groups excluding carboxylic acids is 1. The van der Waals surface area contributed by atoms with E-state index < -0.39 is 0 Å². The number of benzene rings is 1. The lowest BCUT2D eigenvalue weighted by molar-refractivity contribution is -0.146. The zero-order chi connectivity index (χ0) is 13.5. The lowest BCUT2D eigenvalue weighted by atomic mass is 9.80. The van der Waals surface area contributed by atoms with Crippen molar-refractivity contribution in [3.63, 3.8) is 0 Å². The zero-order valence-corrected chi connectivity index (χ0v) is 11.0. The summed E-state index contributed by atoms with van der Waals surface area (Å²) in [5.41, 5.74) is 1.01. The molecule has 0 spiro atoms. The molecule has 1 aromatic rings. The van der Waals surface area contributed by atoms with Gasteiger partial charge in [-0.25, -0.2) is 0 Å². The smallest absolute Gasteiger partial charge is 0.306 e. The van der Waals surface area contributed by atoms with Gasteiger partial charge >= 0.3 is 5.97 Å². The first-order valence-electron chi connectivity index (χ1n) is 6.87. The monoisotopic (exact) mass is 257 g/mol. The van der Waals surface area contributed by atoms with Crippen LogP contribution in [0.15, 0.2) is 30.3 Å². The third-order valence-corrected chi connectivity index (χ3v) is 3.66. The maximum Gasteiger partial charge on any atom is 0.306 e. The van der Waals surface area contributed by atoms with Crippen molar-refractivity contribution in [2.45, 2.75) is 38.7 Å². The van der Waals surface area contributed by atoms with Gasteiger partial charge in [0.25, 0.3) is 0 Å². The minimum atomic E-state index is -0.146. The molecule has 0 aromatic heterocycles. The third-order valence-electron chi connectivity index (χ3n) is 3.66. The molecule has 0 aliphatic heterocycles. The summed E-state index contributed by atoms with van der Waals surface area (Å²) in [4.78, 5) is 11.8. The highest BCUT2D eigenvalue weighted by atomic mass is 16.5. The predicted octanol–water partition coefficient (Wildman–Crippen LogP) is 3.45. The molecule has 0 saturated heterocycles. The maximum atomic E-state index is 11.8. The van der Waals surface area contributed by atoms with Gasteiger partial charge in [-0.1, -0.05) is 36.8 Å². The van der Waals surface area contributed by atoms with Gasteiger partial charge in [-0.15, -0.1) is 0 Å². The Bertz CT molecular complexity index is 450. The van der Waals surface area contributed by atoms with Gasteiger partial charge in [0.15, 0.2) is 0 Å². The Labute approximate surface area is 114 Å². The molecule has 2 atom stereocenters. The van der Waals surface area contributed by atoms with Gasteiger partial charge in [-0.2, -0.15) is 5.26 Å². The number of rotatable bonds is 4. The SMILES string of the molecule is N#C[C@@H]1CCC[C@H](CC(=O)OCc2ccccc2)C1. The van der Waals surface area contributed by atoms with Crippen LogP contribution in [-0.2, 0) is 16.1 Å². The van der Waals surface area contributed by atoms with E-state index in [1.54, 1.807) is 0 Å². The molecule has 0 unspecified atom stereocenters. The number of ether oxygens (including phenoxy) is 1. The van der Waals surface area contributed by atoms with E-state index in [2.05, 4.69) is 6.07 Å². The predicted molar refractivity (Wildman–Crippen MR) is 71.9 cm³/mol. The number of hydrogen-bond acceptors (Lipinski definition) is 3. The highest BCUT2D eigenvalue weighted by Crippen LogP contribution is 2.30. The molecule has 1 aliphatic rings. The van der Waals surface area contributed by atoms with Gasteiger partial charge in [0.1, 0.15) is 6.61 Å². The standard InChI is InChI=1S/C16H19NO2/c17-11-15-8-4-7-14(9-15)10-16(18)19-12-13-5-2-1-3-6-13/h1-3,5-6,14-15H,4,7-10,12H2/t14-,15+/m0/s1. The van der Waals surface area contributed by atoms with Crippen LogP contribution in [0, 0.1) is 23.2 Å². The molecule has 1 fully saturated rings. The van der Waals surface area contributed by atoms with Crippen LogP contribution in [0.3, 0.4) is 0 Å². The molecule has 0 amide bonds. The number of esters is 1. The molecule has 1 aromatic carbocycles. The first kappa shape index (κ1) is 13.6. The van der Waals surface area contributed by atoms with E-state index in [9.17, 15) is 4.79 Å². The molecular weight excluding hydrogens is 238 g/mol. The Hall–Kier alpha value is -1.82. The van der Waals surface area contributed by atoms with Gasteiger partial charge in [0, 0.05) is 12.3 Å². The number of nitrogens with zero attached hydrogens (tertiary/aromatic N) is 1. The van der Waals surface area contributed by atoms with Crippen LogP contribution in [0.5, 0.6) is 0 Å². The lowest BCUT2D eigenvalue weighted by Gasteiger charge is -2.24. The van der Waals surface area contributed by atoms with Crippen molar-refractivity contribution in [2.24, 2.45) is 11.8 Å². The maximum absolute atomic E-state index is 11.8. The van der Waals surface area contributed by atoms with Crippen LogP contribution in [-0.4, -0.2) is 5.97 Å². The summed E-state index contributed by atoms with van der Waals surface area (Å²) in [5.74, 6) is 0.301. The number of nitriles is 1. The van der Waals surface area contributed by atoms with E-state index in [4.69, 9.17) is 10.00 Å². The summed E-state index contributed by atoms with van der Waals surface area (Å²) in [5, 5.41) is 8.93. The highest BCUT2D eigenvalue weighted by Gasteiger charge is 2.24. The zero-order valence-electron chi connectivity index (χ0n) is 11.0. The van der Waals surface area contributed by atoms with Crippen LogP contribution in [0.25, 0.3) is 0 Å². The second-order valence-corrected chi connectivity index (χ2v) is 5.21. The molecule has 0 heterocycles. The average molecular weight is 257 g/mol. The molecule has 3 heteroatoms. The second-order valence-electron chi connectivity index (χ2n) is 5.21. The van der Waals surface area contributed by atoms with Crippen LogP contribution in [0.2, 0.25) is 0 Å². The topological polar surface area (TPSA) is 50.1 Å². The van der Waals surface area contributed by atoms with Gasteiger partial charge in [0.2, 0.25) is 0 Å². The number of carbonyl (C=O) groups is 1. The van der Waals surface area contributed by atoms with E-state index in [1.807, 2.05) is 30.3 Å². The van der Waals surface area contributed by atoms with Gasteiger partial charge < -0.3 is 4.74 Å². The molecule has 0 N–H and O–H groups in total. The van der Waals surface area contributed by atoms with Gasteiger partial charge in [-0.3, -0.25) is 4.79 Å². The quantitative estimate of drug-likeness (QED) is 0.776. The summed E-state index contributed by atoms with van der Waals surface area (Å²) in [6, 6.07) is 12.0. The molecular formula is C16H19NO2. The van der Waals surface area contributed by atoms with Crippen molar-refractivity contribution in [2.75, 3.05) is 0 Å². The van der Waals surface area contributed by atoms with Crippen molar-refractivity contribution >= 4 is 5.97 Å². The van der Waals surface area contributed by atoms with E-state index >= 15 is 0 Å². The minimum absolute atomic E-state index is 0.126. The Balaban J connectivity index is 1.74. The number of hydrogen-bond donors (Lipinski definition) is 0. The highest BCUT2D eigenvalue weighted by molar-refractivity contribution is 5.69. The average Bonchev–Trinajstić information content (AvgIpc) is 2.46. The van der Waals surface area contributed by atoms with Crippen LogP contribution >= 0.6 is 0 Å². The second kappa shape index (κ2) is 6.94. The minimum Gasteiger partial charge on any atom is -0.461 e. The van der Waals surface area contributed by atoms with Crippen LogP contribution < -0.4 is 0 Å². The fourth-order valence-corrected chi connectivity index (χ4v) is 2.63. The Kier molecular flexibility index (Phi) is 4.97. The normalized spacial score (nSPS) is 22.5. The van der Waals surface area contributed by atoms with Crippen molar-refractivity contribution in [1.82, 2.24) is 0 Å². The summed E-state index contributed by atoms with van der Waals surface area (Å²) in [6.45, 7) is 0.341. The fraction of sp³-hybridized carbons (Fsp3) is 0.500. The summed E-state index contributed by atoms with van der Waals surface area (Å²) < 4.78 is 5.28. The van der Waals surface area contributed by atoms with Crippen molar-refractivity contribution in [3.05, 3.63) is 35.9 Å². The van der Waals surface area contributed by atoms with E-state index in [0.717, 1.165) is 31.2 Å². The summed E-state index contributed by atoms with van der Waals surface area (Å²) in [7, 11) is 0. The molecule has 19 heavy (non-hydrogen) atoms. The van der Waals surface area contributed by atoms with Crippen LogP contribution in [0.1, 0.15) is 37.7 Å². The van der Waals surface area contributed by atoms with Crippen molar-refractivity contribution in [3.8, 4) is 6.07 Å².